The van der Waals surface area contributed by atoms with Gasteiger partial charge in [0.1, 0.15) is 18.1 Å². The van der Waals surface area contributed by atoms with Crippen LogP contribution in [0.4, 0.5) is 0 Å². The molecule has 11 N–H and O–H groups in total. The lowest BCUT2D eigenvalue weighted by Crippen LogP contribution is -2.59. The molecule has 0 aliphatic carbocycles. The zero-order chi connectivity index (χ0) is 27.1. The summed E-state index contributed by atoms with van der Waals surface area (Å²) in [4.78, 5) is 63.9. The van der Waals surface area contributed by atoms with E-state index >= 15 is 0 Å². The first-order valence-corrected chi connectivity index (χ1v) is 11.7. The predicted molar refractivity (Wildman–Crippen MR) is 131 cm³/mol. The molecule has 0 aromatic heterocycles. The number of carboxylic acids is 2. The Balaban J connectivity index is 5.23. The molecule has 0 fully saturated rings. The van der Waals surface area contributed by atoms with E-state index in [1.165, 1.54) is 0 Å². The second kappa shape index (κ2) is 16.5. The van der Waals surface area contributed by atoms with Gasteiger partial charge >= 0.3 is 11.9 Å². The van der Waals surface area contributed by atoms with Crippen LogP contribution < -0.4 is 33.2 Å². The molecule has 0 aliphatic rings. The van der Waals surface area contributed by atoms with E-state index in [1.807, 2.05) is 0 Å². The monoisotopic (exact) mass is 519 g/mol. The Bertz CT molecular complexity index is 777. The number of guanidine groups is 1. The Labute approximate surface area is 209 Å². The van der Waals surface area contributed by atoms with Crippen LogP contribution in [0.25, 0.3) is 0 Å². The maximum atomic E-state index is 12.9. The number of carbonyl (C=O) groups is 5. The van der Waals surface area contributed by atoms with Gasteiger partial charge in [-0.15, -0.1) is 0 Å². The number of rotatable bonds is 17. The van der Waals surface area contributed by atoms with Crippen LogP contribution in [-0.2, 0) is 24.0 Å². The zero-order valence-electron chi connectivity index (χ0n) is 19.9. The maximum absolute atomic E-state index is 12.9. The Morgan fingerprint density at radius 2 is 1.54 bits per heavy atom. The molecular weight excluding hydrogens is 482 g/mol. The summed E-state index contributed by atoms with van der Waals surface area (Å²) in [7, 11) is 0. The first kappa shape index (κ1) is 31.9. The van der Waals surface area contributed by atoms with Gasteiger partial charge in [-0.1, -0.05) is 20.3 Å². The summed E-state index contributed by atoms with van der Waals surface area (Å²) in [6.45, 7) is 3.68. The summed E-state index contributed by atoms with van der Waals surface area (Å²) in [6.07, 6.45) is 0.407. The molecule has 5 unspecified atom stereocenters. The van der Waals surface area contributed by atoms with Gasteiger partial charge in [0.25, 0.3) is 0 Å². The zero-order valence-corrected chi connectivity index (χ0v) is 20.8. The molecule has 0 aliphatic heterocycles. The van der Waals surface area contributed by atoms with Crippen LogP contribution in [0.1, 0.15) is 46.0 Å². The highest BCUT2D eigenvalue weighted by Crippen LogP contribution is 2.10. The maximum Gasteiger partial charge on any atom is 0.326 e. The number of nitrogens with two attached hydrogens (primary N) is 3. The molecule has 200 valence electrons. The van der Waals surface area contributed by atoms with Crippen molar-refractivity contribution in [3.63, 3.8) is 0 Å². The van der Waals surface area contributed by atoms with Crippen molar-refractivity contribution >= 4 is 48.2 Å². The van der Waals surface area contributed by atoms with Crippen LogP contribution in [-0.4, -0.2) is 82.3 Å². The van der Waals surface area contributed by atoms with E-state index in [0.29, 0.717) is 6.42 Å². The topological polar surface area (TPSA) is 252 Å². The molecule has 0 rings (SSSR count). The molecule has 0 bridgehead atoms. The molecule has 5 atom stereocenters. The summed E-state index contributed by atoms with van der Waals surface area (Å²) in [6, 6.07) is -4.62. The molecule has 14 nitrogen and oxygen atoms in total. The van der Waals surface area contributed by atoms with Gasteiger partial charge in [-0.25, -0.2) is 4.79 Å². The third-order valence-corrected chi connectivity index (χ3v) is 5.54. The minimum atomic E-state index is -1.27. The number of hydrogen-bond acceptors (Lipinski definition) is 8. The highest BCUT2D eigenvalue weighted by molar-refractivity contribution is 7.80. The second-order valence-corrected chi connectivity index (χ2v) is 8.37. The number of nitrogens with zero attached hydrogens (tertiary/aromatic N) is 1. The lowest BCUT2D eigenvalue weighted by atomic mass is 9.97. The van der Waals surface area contributed by atoms with E-state index in [-0.39, 0.29) is 49.9 Å². The number of aliphatic carboxylic acids is 2. The summed E-state index contributed by atoms with van der Waals surface area (Å²) in [5, 5.41) is 25.5. The molecule has 3 amide bonds. The molecule has 0 aromatic carbocycles. The second-order valence-electron chi connectivity index (χ2n) is 8.00. The predicted octanol–water partition coefficient (Wildman–Crippen LogP) is -2.25. The first-order chi connectivity index (χ1) is 16.3. The van der Waals surface area contributed by atoms with Gasteiger partial charge in [0.2, 0.25) is 17.7 Å². The number of carbonyl (C=O) groups excluding carboxylic acids is 3. The highest BCUT2D eigenvalue weighted by Gasteiger charge is 2.32. The van der Waals surface area contributed by atoms with Gasteiger partial charge < -0.3 is 43.4 Å². The van der Waals surface area contributed by atoms with Crippen LogP contribution in [0.2, 0.25) is 0 Å². The van der Waals surface area contributed by atoms with Crippen molar-refractivity contribution in [1.29, 1.82) is 0 Å². The van der Waals surface area contributed by atoms with Crippen molar-refractivity contribution in [2.24, 2.45) is 28.1 Å². The average Bonchev–Trinajstić information content (AvgIpc) is 2.79. The summed E-state index contributed by atoms with van der Waals surface area (Å²) >= 11 is 4.07. The highest BCUT2D eigenvalue weighted by atomic mass is 32.1. The smallest absolute Gasteiger partial charge is 0.326 e. The van der Waals surface area contributed by atoms with Gasteiger partial charge in [0.15, 0.2) is 5.96 Å². The summed E-state index contributed by atoms with van der Waals surface area (Å²) < 4.78 is 0. The van der Waals surface area contributed by atoms with Gasteiger partial charge in [-0.3, -0.25) is 24.2 Å². The number of nitrogens with one attached hydrogen (secondary N) is 3. The van der Waals surface area contributed by atoms with E-state index in [0.717, 1.165) is 0 Å². The molecule has 0 spiro atoms. The van der Waals surface area contributed by atoms with Crippen LogP contribution in [0, 0.1) is 5.92 Å². The molecule has 15 heteroatoms. The van der Waals surface area contributed by atoms with Crippen LogP contribution in [0.3, 0.4) is 0 Å². The van der Waals surface area contributed by atoms with Crippen LogP contribution >= 0.6 is 12.6 Å². The van der Waals surface area contributed by atoms with Crippen molar-refractivity contribution in [3.05, 3.63) is 0 Å². The third kappa shape index (κ3) is 12.8. The van der Waals surface area contributed by atoms with Crippen LogP contribution in [0.15, 0.2) is 4.99 Å². The first-order valence-electron chi connectivity index (χ1n) is 11.1. The molecular formula is C20H37N7O7S. The minimum Gasteiger partial charge on any atom is -0.481 e. The van der Waals surface area contributed by atoms with E-state index < -0.39 is 53.8 Å². The van der Waals surface area contributed by atoms with Gasteiger partial charge in [0.05, 0.1) is 6.04 Å². The van der Waals surface area contributed by atoms with Gasteiger partial charge in [0, 0.05) is 18.7 Å². The molecule has 0 aromatic rings. The van der Waals surface area contributed by atoms with Gasteiger partial charge in [-0.05, 0) is 25.2 Å². The van der Waals surface area contributed by atoms with E-state index in [2.05, 4.69) is 33.6 Å². The largest absolute Gasteiger partial charge is 0.481 e. The van der Waals surface area contributed by atoms with Crippen molar-refractivity contribution in [2.45, 2.75) is 70.1 Å². The SMILES string of the molecule is CCC(C)C(NC(=O)C(N)CCC(=O)O)C(=O)NC(CS)C(=O)NC(CCCN=C(N)N)C(=O)O. The molecule has 0 radical (unpaired) electrons. The van der Waals surface area contributed by atoms with E-state index in [1.54, 1.807) is 13.8 Å². The Morgan fingerprint density at radius 3 is 2.03 bits per heavy atom. The standard InChI is InChI=1S/C20H37N7O7S/c1-3-10(2)15(27-16(30)11(21)6-7-14(28)29)18(32)26-13(9-35)17(31)25-12(19(33)34)5-4-8-24-20(22)23/h10-13,15,35H,3-9,21H2,1-2H3,(H,25,31)(H,26,32)(H,27,30)(H,28,29)(H,33,34)(H4,22,23,24). The number of hydrogen-bond donors (Lipinski definition) is 9. The number of carboxylic acid groups (broad SMARTS) is 2. The van der Waals surface area contributed by atoms with Crippen molar-refractivity contribution < 1.29 is 34.2 Å². The van der Waals surface area contributed by atoms with E-state index in [4.69, 9.17) is 22.3 Å². The average molecular weight is 520 g/mol. The summed E-state index contributed by atoms with van der Waals surface area (Å²) in [5.74, 6) is -5.17. The lowest BCUT2D eigenvalue weighted by molar-refractivity contribution is -0.142. The fraction of sp³-hybridized carbons (Fsp3) is 0.700. The number of amides is 3. The third-order valence-electron chi connectivity index (χ3n) is 5.17. The van der Waals surface area contributed by atoms with Crippen LogP contribution in [0.5, 0.6) is 0 Å². The molecule has 0 saturated carbocycles. The normalized spacial score (nSPS) is 15.0. The number of aliphatic imine (C=N–C) groups is 1. The Hall–Kier alpha value is -3.07. The van der Waals surface area contributed by atoms with Crippen molar-refractivity contribution in [3.8, 4) is 0 Å². The number of thiol groups is 1. The van der Waals surface area contributed by atoms with Crippen molar-refractivity contribution in [1.82, 2.24) is 16.0 Å². The quantitative estimate of drug-likeness (QED) is 0.0431. The summed E-state index contributed by atoms with van der Waals surface area (Å²) in [5.41, 5.74) is 16.2. The molecule has 0 heterocycles. The Kier molecular flexibility index (Phi) is 15.1. The fourth-order valence-corrected chi connectivity index (χ4v) is 3.12. The lowest BCUT2D eigenvalue weighted by Gasteiger charge is -2.27. The van der Waals surface area contributed by atoms with Crippen molar-refractivity contribution in [2.75, 3.05) is 12.3 Å². The molecule has 0 saturated heterocycles. The fourth-order valence-electron chi connectivity index (χ4n) is 2.86. The Morgan fingerprint density at radius 1 is 0.943 bits per heavy atom. The van der Waals surface area contributed by atoms with E-state index in [9.17, 15) is 29.1 Å². The van der Waals surface area contributed by atoms with Gasteiger partial charge in [-0.2, -0.15) is 12.6 Å². The minimum absolute atomic E-state index is 0.0465. The molecule has 35 heavy (non-hydrogen) atoms.